The summed E-state index contributed by atoms with van der Waals surface area (Å²) in [4.78, 5) is 38.7. The molecule has 0 unspecified atom stereocenters. The van der Waals surface area contributed by atoms with Crippen LogP contribution in [-0.4, -0.2) is 24.9 Å². The number of hydrogen-bond donors (Lipinski definition) is 2. The van der Waals surface area contributed by atoms with Gasteiger partial charge in [0.15, 0.2) is 0 Å². The van der Waals surface area contributed by atoms with Gasteiger partial charge in [-0.25, -0.2) is 4.79 Å². The molecule has 0 radical (unpaired) electrons. The molecular weight excluding hydrogens is 476 g/mol. The largest absolute Gasteiger partial charge is 0.464 e. The zero-order valence-corrected chi connectivity index (χ0v) is 21.9. The van der Waals surface area contributed by atoms with Crippen LogP contribution in [0.2, 0.25) is 0 Å². The summed E-state index contributed by atoms with van der Waals surface area (Å²) >= 11 is 0. The fourth-order valence-electron chi connectivity index (χ4n) is 4.60. The maximum absolute atomic E-state index is 13.2. The SMILES string of the molecule is COC(=O)C(=Cc1ccccc1)NC(=O)c1c(C)cc(C(=O)N[C@H](C)c2cccc3ccccc23)cc1C. The Morgan fingerprint density at radius 2 is 1.45 bits per heavy atom. The molecule has 0 saturated heterocycles. The van der Waals surface area contributed by atoms with Crippen LogP contribution in [0.25, 0.3) is 16.8 Å². The van der Waals surface area contributed by atoms with Crippen LogP contribution < -0.4 is 10.6 Å². The molecule has 2 amide bonds. The van der Waals surface area contributed by atoms with E-state index in [0.717, 1.165) is 21.9 Å². The third kappa shape index (κ3) is 5.81. The molecular formula is C32H30N2O4. The van der Waals surface area contributed by atoms with E-state index in [1.54, 1.807) is 32.1 Å². The Kier molecular flexibility index (Phi) is 8.02. The Balaban J connectivity index is 1.55. The Labute approximate surface area is 222 Å². The normalized spacial score (nSPS) is 12.1. The highest BCUT2D eigenvalue weighted by molar-refractivity contribution is 6.05. The van der Waals surface area contributed by atoms with Gasteiger partial charge in [-0.1, -0.05) is 72.8 Å². The summed E-state index contributed by atoms with van der Waals surface area (Å²) in [5.74, 6) is -1.34. The zero-order valence-electron chi connectivity index (χ0n) is 21.9. The van der Waals surface area contributed by atoms with E-state index in [0.29, 0.717) is 22.3 Å². The molecule has 0 heterocycles. The summed E-state index contributed by atoms with van der Waals surface area (Å²) in [6.45, 7) is 5.49. The lowest BCUT2D eigenvalue weighted by molar-refractivity contribution is -0.136. The number of ether oxygens (including phenoxy) is 1. The van der Waals surface area contributed by atoms with E-state index in [4.69, 9.17) is 4.74 Å². The fourth-order valence-corrected chi connectivity index (χ4v) is 4.60. The highest BCUT2D eigenvalue weighted by atomic mass is 16.5. The average Bonchev–Trinajstić information content (AvgIpc) is 2.92. The van der Waals surface area contributed by atoms with Gasteiger partial charge in [-0.3, -0.25) is 9.59 Å². The van der Waals surface area contributed by atoms with Crippen molar-refractivity contribution in [3.8, 4) is 0 Å². The highest BCUT2D eigenvalue weighted by Gasteiger charge is 2.21. The van der Waals surface area contributed by atoms with E-state index in [1.165, 1.54) is 7.11 Å². The van der Waals surface area contributed by atoms with Crippen molar-refractivity contribution in [2.75, 3.05) is 7.11 Å². The molecule has 4 rings (SSSR count). The number of fused-ring (bicyclic) bond motifs is 1. The van der Waals surface area contributed by atoms with Crippen LogP contribution in [0.3, 0.4) is 0 Å². The van der Waals surface area contributed by atoms with Gasteiger partial charge >= 0.3 is 5.97 Å². The molecule has 0 fully saturated rings. The monoisotopic (exact) mass is 506 g/mol. The summed E-state index contributed by atoms with van der Waals surface area (Å²) in [6.07, 6.45) is 1.56. The van der Waals surface area contributed by atoms with E-state index in [2.05, 4.69) is 10.6 Å². The second kappa shape index (κ2) is 11.6. The van der Waals surface area contributed by atoms with Crippen molar-refractivity contribution in [1.82, 2.24) is 10.6 Å². The lowest BCUT2D eigenvalue weighted by Gasteiger charge is -2.18. The van der Waals surface area contributed by atoms with Gasteiger partial charge in [-0.05, 0) is 72.0 Å². The molecule has 0 bridgehead atoms. The first-order valence-electron chi connectivity index (χ1n) is 12.3. The quantitative estimate of drug-likeness (QED) is 0.242. The minimum absolute atomic E-state index is 0.0215. The molecule has 0 spiro atoms. The van der Waals surface area contributed by atoms with Crippen LogP contribution in [0.5, 0.6) is 0 Å². The van der Waals surface area contributed by atoms with E-state index < -0.39 is 11.9 Å². The number of hydrogen-bond acceptors (Lipinski definition) is 4. The van der Waals surface area contributed by atoms with Gasteiger partial charge in [0.1, 0.15) is 5.70 Å². The first-order chi connectivity index (χ1) is 18.3. The van der Waals surface area contributed by atoms with Crippen LogP contribution in [-0.2, 0) is 9.53 Å². The number of benzene rings is 4. The first-order valence-corrected chi connectivity index (χ1v) is 12.3. The molecule has 0 aliphatic carbocycles. The molecule has 0 aromatic heterocycles. The Hall–Kier alpha value is -4.71. The summed E-state index contributed by atoms with van der Waals surface area (Å²) in [7, 11) is 1.26. The first kappa shape index (κ1) is 26.4. The maximum Gasteiger partial charge on any atom is 0.354 e. The maximum atomic E-state index is 13.2. The Morgan fingerprint density at radius 1 is 0.816 bits per heavy atom. The van der Waals surface area contributed by atoms with Crippen LogP contribution in [0.4, 0.5) is 0 Å². The molecule has 192 valence electrons. The molecule has 2 N–H and O–H groups in total. The summed E-state index contributed by atoms with van der Waals surface area (Å²) in [6, 6.07) is 26.4. The predicted octanol–water partition coefficient (Wildman–Crippen LogP) is 5.89. The van der Waals surface area contributed by atoms with Crippen LogP contribution in [0.1, 0.15) is 55.9 Å². The van der Waals surface area contributed by atoms with Crippen molar-refractivity contribution in [2.45, 2.75) is 26.8 Å². The fraction of sp³-hybridized carbons (Fsp3) is 0.156. The minimum atomic E-state index is -0.657. The van der Waals surface area contributed by atoms with Crippen molar-refractivity contribution >= 4 is 34.6 Å². The van der Waals surface area contributed by atoms with Gasteiger partial charge in [0.05, 0.1) is 13.2 Å². The molecule has 4 aromatic rings. The third-order valence-electron chi connectivity index (χ3n) is 6.42. The summed E-state index contributed by atoms with van der Waals surface area (Å²) in [5.41, 5.74) is 3.88. The number of carbonyl (C=O) groups is 3. The smallest absolute Gasteiger partial charge is 0.354 e. The summed E-state index contributed by atoms with van der Waals surface area (Å²) < 4.78 is 4.86. The number of amides is 2. The van der Waals surface area contributed by atoms with Gasteiger partial charge in [-0.15, -0.1) is 0 Å². The average molecular weight is 507 g/mol. The van der Waals surface area contributed by atoms with E-state index >= 15 is 0 Å². The molecule has 6 heteroatoms. The molecule has 38 heavy (non-hydrogen) atoms. The third-order valence-corrected chi connectivity index (χ3v) is 6.42. The second-order valence-electron chi connectivity index (χ2n) is 9.16. The van der Waals surface area contributed by atoms with E-state index in [9.17, 15) is 14.4 Å². The number of methoxy groups -OCH3 is 1. The van der Waals surface area contributed by atoms with Crippen LogP contribution in [0, 0.1) is 13.8 Å². The number of esters is 1. The number of rotatable bonds is 7. The van der Waals surface area contributed by atoms with Gasteiger partial charge < -0.3 is 15.4 Å². The minimum Gasteiger partial charge on any atom is -0.464 e. The van der Waals surface area contributed by atoms with Crippen molar-refractivity contribution in [3.05, 3.63) is 124 Å². The lowest BCUT2D eigenvalue weighted by Crippen LogP contribution is -2.30. The Bertz CT molecular complexity index is 1510. The molecule has 0 aliphatic heterocycles. The van der Waals surface area contributed by atoms with E-state index in [1.807, 2.05) is 79.7 Å². The van der Waals surface area contributed by atoms with Crippen LogP contribution in [0.15, 0.2) is 90.6 Å². The lowest BCUT2D eigenvalue weighted by atomic mass is 9.97. The second-order valence-corrected chi connectivity index (χ2v) is 9.16. The molecule has 4 aromatic carbocycles. The number of nitrogens with one attached hydrogen (secondary N) is 2. The van der Waals surface area contributed by atoms with Crippen molar-refractivity contribution in [1.29, 1.82) is 0 Å². The van der Waals surface area contributed by atoms with Crippen molar-refractivity contribution in [3.63, 3.8) is 0 Å². The van der Waals surface area contributed by atoms with Gasteiger partial charge in [0.2, 0.25) is 0 Å². The standard InChI is InChI=1S/C32H30N2O4/c1-20-17-25(30(35)33-22(3)26-16-10-14-24-13-8-9-15-27(24)26)18-21(2)29(20)31(36)34-28(32(37)38-4)19-23-11-6-5-7-12-23/h5-19,22H,1-4H3,(H,33,35)(H,34,36)/t22-/m1/s1. The highest BCUT2D eigenvalue weighted by Crippen LogP contribution is 2.25. The molecule has 6 nitrogen and oxygen atoms in total. The van der Waals surface area contributed by atoms with Gasteiger partial charge in [0, 0.05) is 11.1 Å². The van der Waals surface area contributed by atoms with Crippen molar-refractivity contribution in [2.24, 2.45) is 0 Å². The topological polar surface area (TPSA) is 84.5 Å². The summed E-state index contributed by atoms with van der Waals surface area (Å²) in [5, 5.41) is 7.96. The Morgan fingerprint density at radius 3 is 2.13 bits per heavy atom. The zero-order chi connectivity index (χ0) is 27.2. The molecule has 0 saturated carbocycles. The molecule has 0 aliphatic rings. The van der Waals surface area contributed by atoms with Gasteiger partial charge in [0.25, 0.3) is 11.8 Å². The predicted molar refractivity (Wildman–Crippen MR) is 150 cm³/mol. The van der Waals surface area contributed by atoms with Crippen LogP contribution >= 0.6 is 0 Å². The molecule has 1 atom stereocenters. The van der Waals surface area contributed by atoms with E-state index in [-0.39, 0.29) is 17.6 Å². The number of carbonyl (C=O) groups excluding carboxylic acids is 3. The van der Waals surface area contributed by atoms with Gasteiger partial charge in [-0.2, -0.15) is 0 Å². The number of aryl methyl sites for hydroxylation is 2. The van der Waals surface area contributed by atoms with Crippen molar-refractivity contribution < 1.29 is 19.1 Å².